The summed E-state index contributed by atoms with van der Waals surface area (Å²) in [6.45, 7) is -1.03. The van der Waals surface area contributed by atoms with Gasteiger partial charge < -0.3 is 10.1 Å². The minimum atomic E-state index is -2.92. The molecule has 0 bridgehead atoms. The van der Waals surface area contributed by atoms with Crippen LogP contribution >= 0.6 is 27.5 Å². The topological polar surface area (TPSA) is 39.1 Å². The lowest BCUT2D eigenvalue weighted by Crippen LogP contribution is -2.10. The van der Waals surface area contributed by atoms with E-state index >= 15 is 0 Å². The van der Waals surface area contributed by atoms with Crippen LogP contribution in [0, 0.1) is 0 Å². The molecule has 0 fully saturated rings. The van der Waals surface area contributed by atoms with Crippen molar-refractivity contribution in [2.24, 2.45) is 7.05 Å². The summed E-state index contributed by atoms with van der Waals surface area (Å²) in [6.07, 6.45) is 3.54. The van der Waals surface area contributed by atoms with Crippen molar-refractivity contribution >= 4 is 33.2 Å². The van der Waals surface area contributed by atoms with Crippen LogP contribution in [0.3, 0.4) is 0 Å². The molecule has 114 valence electrons. The van der Waals surface area contributed by atoms with Crippen LogP contribution in [0.5, 0.6) is 5.75 Å². The van der Waals surface area contributed by atoms with Gasteiger partial charge in [-0.25, -0.2) is 0 Å². The Morgan fingerprint density at radius 3 is 2.71 bits per heavy atom. The quantitative estimate of drug-likeness (QED) is 0.823. The number of anilines is 1. The summed E-state index contributed by atoms with van der Waals surface area (Å²) in [5, 5.41) is 7.58. The van der Waals surface area contributed by atoms with Crippen molar-refractivity contribution in [1.29, 1.82) is 0 Å². The number of rotatable bonds is 5. The number of nitrogens with one attached hydrogen (secondary N) is 1. The van der Waals surface area contributed by atoms with E-state index < -0.39 is 6.61 Å². The molecule has 0 spiro atoms. The fraction of sp³-hybridized carbons (Fsp3) is 0.308. The Hall–Kier alpha value is -1.34. The molecule has 0 radical (unpaired) electrons. The van der Waals surface area contributed by atoms with Crippen molar-refractivity contribution in [1.82, 2.24) is 9.78 Å². The molecule has 0 aliphatic heterocycles. The van der Waals surface area contributed by atoms with Gasteiger partial charge in [0.25, 0.3) is 0 Å². The fourth-order valence-electron chi connectivity index (χ4n) is 1.86. The Morgan fingerprint density at radius 1 is 1.43 bits per heavy atom. The molecule has 1 N–H and O–H groups in total. The SMILES string of the molecule is CC(Nc1cc(Cl)cc(Br)c1OC(F)F)c1cnn(C)c1. The molecule has 0 saturated carbocycles. The van der Waals surface area contributed by atoms with E-state index in [1.165, 1.54) is 12.1 Å². The molecule has 2 aromatic rings. The third-order valence-corrected chi connectivity index (χ3v) is 3.62. The Bertz CT molecular complexity index is 636. The minimum absolute atomic E-state index is 0.0186. The summed E-state index contributed by atoms with van der Waals surface area (Å²) in [7, 11) is 1.80. The van der Waals surface area contributed by atoms with Gasteiger partial charge in [-0.15, -0.1) is 0 Å². The van der Waals surface area contributed by atoms with Crippen LogP contribution in [0.4, 0.5) is 14.5 Å². The number of nitrogens with zero attached hydrogens (tertiary/aromatic N) is 2. The second kappa shape index (κ2) is 6.62. The van der Waals surface area contributed by atoms with Gasteiger partial charge in [-0.1, -0.05) is 11.6 Å². The maximum atomic E-state index is 12.5. The van der Waals surface area contributed by atoms with Crippen molar-refractivity contribution in [3.05, 3.63) is 39.6 Å². The van der Waals surface area contributed by atoms with Gasteiger partial charge in [-0.2, -0.15) is 13.9 Å². The molecule has 0 aliphatic carbocycles. The number of benzene rings is 1. The summed E-state index contributed by atoms with van der Waals surface area (Å²) in [6, 6.07) is 2.89. The first-order chi connectivity index (χ1) is 9.86. The van der Waals surface area contributed by atoms with Crippen LogP contribution < -0.4 is 10.1 Å². The zero-order valence-corrected chi connectivity index (χ0v) is 13.6. The molecule has 4 nitrogen and oxygen atoms in total. The normalized spacial score (nSPS) is 12.5. The second-order valence-corrected chi connectivity index (χ2v) is 5.75. The van der Waals surface area contributed by atoms with E-state index in [-0.39, 0.29) is 11.8 Å². The van der Waals surface area contributed by atoms with Crippen molar-refractivity contribution in [2.45, 2.75) is 19.6 Å². The van der Waals surface area contributed by atoms with E-state index in [1.807, 2.05) is 13.1 Å². The molecule has 2 rings (SSSR count). The number of ether oxygens (including phenoxy) is 1. The summed E-state index contributed by atoms with van der Waals surface area (Å²) < 4.78 is 31.6. The predicted octanol–water partition coefficient (Wildman–Crippen LogP) is 4.61. The fourth-order valence-corrected chi connectivity index (χ4v) is 2.76. The van der Waals surface area contributed by atoms with E-state index in [0.29, 0.717) is 15.2 Å². The standard InChI is InChI=1S/C13H13BrClF2N3O/c1-7(8-5-18-20(2)6-8)19-11-4-9(15)3-10(14)12(11)21-13(16)17/h3-7,13,19H,1-2H3. The average molecular weight is 381 g/mol. The average Bonchev–Trinajstić information content (AvgIpc) is 2.80. The van der Waals surface area contributed by atoms with Gasteiger partial charge in [-0.3, -0.25) is 4.68 Å². The number of halogens is 4. The summed E-state index contributed by atoms with van der Waals surface area (Å²) >= 11 is 9.14. The van der Waals surface area contributed by atoms with Gasteiger partial charge in [0.05, 0.1) is 22.4 Å². The first-order valence-electron chi connectivity index (χ1n) is 6.05. The second-order valence-electron chi connectivity index (χ2n) is 4.46. The van der Waals surface area contributed by atoms with E-state index in [2.05, 4.69) is 31.1 Å². The molecule has 1 atom stereocenters. The lowest BCUT2D eigenvalue weighted by atomic mass is 10.1. The minimum Gasteiger partial charge on any atom is -0.431 e. The zero-order valence-electron chi connectivity index (χ0n) is 11.3. The maximum absolute atomic E-state index is 12.5. The van der Waals surface area contributed by atoms with E-state index in [9.17, 15) is 8.78 Å². The molecule has 1 heterocycles. The van der Waals surface area contributed by atoms with Gasteiger partial charge in [0.2, 0.25) is 0 Å². The predicted molar refractivity (Wildman–Crippen MR) is 81.0 cm³/mol. The zero-order chi connectivity index (χ0) is 15.6. The smallest absolute Gasteiger partial charge is 0.387 e. The number of aromatic nitrogens is 2. The highest BCUT2D eigenvalue weighted by Crippen LogP contribution is 2.39. The van der Waals surface area contributed by atoms with Crippen molar-refractivity contribution in [2.75, 3.05) is 5.32 Å². The molecular weight excluding hydrogens is 368 g/mol. The Balaban J connectivity index is 2.29. The molecular formula is C13H13BrClF2N3O. The molecule has 1 aromatic carbocycles. The molecule has 0 saturated heterocycles. The van der Waals surface area contributed by atoms with Crippen molar-refractivity contribution in [3.63, 3.8) is 0 Å². The molecule has 0 amide bonds. The van der Waals surface area contributed by atoms with Crippen LogP contribution in [0.2, 0.25) is 5.02 Å². The highest BCUT2D eigenvalue weighted by Gasteiger charge is 2.17. The monoisotopic (exact) mass is 379 g/mol. The number of hydrogen-bond donors (Lipinski definition) is 1. The van der Waals surface area contributed by atoms with Crippen molar-refractivity contribution < 1.29 is 13.5 Å². The van der Waals surface area contributed by atoms with Gasteiger partial charge in [0.15, 0.2) is 5.75 Å². The lowest BCUT2D eigenvalue weighted by molar-refractivity contribution is -0.0498. The Morgan fingerprint density at radius 2 is 2.14 bits per heavy atom. The van der Waals surface area contributed by atoms with Crippen LogP contribution in [0.15, 0.2) is 29.0 Å². The highest BCUT2D eigenvalue weighted by molar-refractivity contribution is 9.10. The van der Waals surface area contributed by atoms with E-state index in [1.54, 1.807) is 17.9 Å². The van der Waals surface area contributed by atoms with Crippen LogP contribution in [-0.2, 0) is 7.05 Å². The molecule has 21 heavy (non-hydrogen) atoms. The van der Waals surface area contributed by atoms with Crippen LogP contribution in [-0.4, -0.2) is 16.4 Å². The largest absolute Gasteiger partial charge is 0.431 e. The first-order valence-corrected chi connectivity index (χ1v) is 7.23. The summed E-state index contributed by atoms with van der Waals surface area (Å²) in [4.78, 5) is 0. The summed E-state index contributed by atoms with van der Waals surface area (Å²) in [5.74, 6) is 0.0186. The molecule has 0 aliphatic rings. The Kier molecular flexibility index (Phi) is 5.05. The Labute approximate surface area is 134 Å². The number of hydrogen-bond acceptors (Lipinski definition) is 3. The van der Waals surface area contributed by atoms with Crippen molar-refractivity contribution in [3.8, 4) is 5.75 Å². The van der Waals surface area contributed by atoms with Gasteiger partial charge in [0, 0.05) is 23.8 Å². The third-order valence-electron chi connectivity index (χ3n) is 2.81. The maximum Gasteiger partial charge on any atom is 0.387 e. The lowest BCUT2D eigenvalue weighted by Gasteiger charge is -2.18. The van der Waals surface area contributed by atoms with Gasteiger partial charge >= 0.3 is 6.61 Å². The molecule has 8 heteroatoms. The third kappa shape index (κ3) is 4.07. The highest BCUT2D eigenvalue weighted by atomic mass is 79.9. The molecule has 1 aromatic heterocycles. The van der Waals surface area contributed by atoms with Gasteiger partial charge in [-0.05, 0) is 35.0 Å². The van der Waals surface area contributed by atoms with Gasteiger partial charge in [0.1, 0.15) is 0 Å². The number of aryl methyl sites for hydroxylation is 1. The van der Waals surface area contributed by atoms with Crippen LogP contribution in [0.1, 0.15) is 18.5 Å². The van der Waals surface area contributed by atoms with Crippen LogP contribution in [0.25, 0.3) is 0 Å². The van der Waals surface area contributed by atoms with E-state index in [4.69, 9.17) is 11.6 Å². The number of alkyl halides is 2. The molecule has 1 unspecified atom stereocenters. The van der Waals surface area contributed by atoms with E-state index in [0.717, 1.165) is 5.56 Å². The summed E-state index contributed by atoms with van der Waals surface area (Å²) in [5.41, 5.74) is 1.29. The first kappa shape index (κ1) is 16.0.